The van der Waals surface area contributed by atoms with E-state index in [1.54, 1.807) is 30.5 Å². The smallest absolute Gasteiger partial charge is 0.330 e. The maximum atomic E-state index is 12.6. The van der Waals surface area contributed by atoms with Crippen molar-refractivity contribution in [3.63, 3.8) is 0 Å². The van der Waals surface area contributed by atoms with E-state index in [4.69, 9.17) is 0 Å². The van der Waals surface area contributed by atoms with Gasteiger partial charge in [-0.2, -0.15) is 0 Å². The van der Waals surface area contributed by atoms with Gasteiger partial charge in [0.05, 0.1) is 11.8 Å². The molecular weight excluding hydrogens is 344 g/mol. The van der Waals surface area contributed by atoms with E-state index < -0.39 is 0 Å². The van der Waals surface area contributed by atoms with Gasteiger partial charge in [-0.1, -0.05) is 0 Å². The molecule has 0 radical (unpaired) electrons. The Morgan fingerprint density at radius 3 is 2.89 bits per heavy atom. The van der Waals surface area contributed by atoms with Crippen LogP contribution in [0.2, 0.25) is 0 Å². The van der Waals surface area contributed by atoms with Gasteiger partial charge in [0, 0.05) is 32.9 Å². The number of aryl methyl sites for hydroxylation is 1. The lowest BCUT2D eigenvalue weighted by atomic mass is 9.96. The molecule has 9 heteroatoms. The van der Waals surface area contributed by atoms with E-state index in [2.05, 4.69) is 29.8 Å². The van der Waals surface area contributed by atoms with Crippen LogP contribution in [0.3, 0.4) is 0 Å². The molecule has 1 N–H and O–H groups in total. The Morgan fingerprint density at radius 2 is 2.04 bits per heavy atom. The van der Waals surface area contributed by atoms with Crippen molar-refractivity contribution >= 4 is 28.1 Å². The first-order valence-corrected chi connectivity index (χ1v) is 9.11. The second-order valence-electron chi connectivity index (χ2n) is 7.03. The summed E-state index contributed by atoms with van der Waals surface area (Å²) in [7, 11) is 1.80. The Balaban J connectivity index is 1.35. The number of aromatic nitrogens is 7. The van der Waals surface area contributed by atoms with E-state index in [1.807, 2.05) is 16.7 Å². The zero-order valence-corrected chi connectivity index (χ0v) is 15.0. The molecule has 1 aliphatic heterocycles. The van der Waals surface area contributed by atoms with Crippen LogP contribution in [0.4, 0.5) is 5.82 Å². The van der Waals surface area contributed by atoms with Gasteiger partial charge in [-0.3, -0.25) is 9.13 Å². The van der Waals surface area contributed by atoms with Crippen LogP contribution in [0.5, 0.6) is 0 Å². The van der Waals surface area contributed by atoms with Crippen LogP contribution in [0.1, 0.15) is 12.8 Å². The van der Waals surface area contributed by atoms with Gasteiger partial charge >= 0.3 is 5.69 Å². The highest BCUT2D eigenvalue weighted by Gasteiger charge is 2.24. The van der Waals surface area contributed by atoms with Crippen molar-refractivity contribution in [2.75, 3.05) is 18.0 Å². The predicted molar refractivity (Wildman–Crippen MR) is 102 cm³/mol. The van der Waals surface area contributed by atoms with Crippen LogP contribution in [0, 0.1) is 5.92 Å². The van der Waals surface area contributed by atoms with Crippen LogP contribution < -0.4 is 10.6 Å². The minimum Gasteiger partial charge on any atom is -0.355 e. The molecule has 5 heterocycles. The summed E-state index contributed by atoms with van der Waals surface area (Å²) in [5.41, 5.74) is 3.21. The second-order valence-corrected chi connectivity index (χ2v) is 7.03. The molecule has 0 amide bonds. The Labute approximate surface area is 154 Å². The molecule has 0 spiro atoms. The third-order valence-electron chi connectivity index (χ3n) is 5.46. The van der Waals surface area contributed by atoms with E-state index in [0.29, 0.717) is 18.1 Å². The first-order chi connectivity index (χ1) is 13.2. The molecule has 4 aromatic heterocycles. The summed E-state index contributed by atoms with van der Waals surface area (Å²) < 4.78 is 3.49. The van der Waals surface area contributed by atoms with E-state index in [-0.39, 0.29) is 5.69 Å². The number of hydrogen-bond acceptors (Lipinski definition) is 6. The van der Waals surface area contributed by atoms with Crippen LogP contribution in [-0.4, -0.2) is 47.1 Å². The topological polar surface area (TPSA) is 97.5 Å². The fourth-order valence-electron chi connectivity index (χ4n) is 3.98. The fraction of sp³-hybridized carbons (Fsp3) is 0.389. The van der Waals surface area contributed by atoms with Gasteiger partial charge in [-0.05, 0) is 30.9 Å². The number of aromatic amines is 1. The third-order valence-corrected chi connectivity index (χ3v) is 5.46. The van der Waals surface area contributed by atoms with Gasteiger partial charge < -0.3 is 9.88 Å². The Hall–Kier alpha value is -3.23. The number of fused-ring (bicyclic) bond motifs is 2. The standard InChI is InChI=1S/C18H20N8O/c1-24-13-3-2-6-19-16(13)26(18(24)27)9-12-4-7-25(8-5-12)17-14-15(21-10-20-14)22-11-23-17/h2-3,6,10-12H,4-5,7-9H2,1H3,(H,20,21,22,23). The van der Waals surface area contributed by atoms with Gasteiger partial charge in [0.1, 0.15) is 11.8 Å². The van der Waals surface area contributed by atoms with E-state index >= 15 is 0 Å². The maximum Gasteiger partial charge on any atom is 0.330 e. The summed E-state index contributed by atoms with van der Waals surface area (Å²) in [6.07, 6.45) is 6.94. The molecule has 5 rings (SSSR count). The van der Waals surface area contributed by atoms with Crippen molar-refractivity contribution in [3.05, 3.63) is 41.5 Å². The molecule has 1 saturated heterocycles. The van der Waals surface area contributed by atoms with Gasteiger partial charge in [0.25, 0.3) is 0 Å². The van der Waals surface area contributed by atoms with E-state index in [1.165, 1.54) is 0 Å². The predicted octanol–water partition coefficient (Wildman–Crippen LogP) is 1.32. The van der Waals surface area contributed by atoms with Gasteiger partial charge in [0.15, 0.2) is 17.1 Å². The molecule has 0 saturated carbocycles. The van der Waals surface area contributed by atoms with E-state index in [0.717, 1.165) is 48.4 Å². The van der Waals surface area contributed by atoms with Gasteiger partial charge in [-0.15, -0.1) is 0 Å². The summed E-state index contributed by atoms with van der Waals surface area (Å²) in [6.45, 7) is 2.48. The number of H-pyrrole nitrogens is 1. The normalized spacial score (nSPS) is 15.8. The molecule has 0 unspecified atom stereocenters. The van der Waals surface area contributed by atoms with Crippen molar-refractivity contribution in [1.82, 2.24) is 34.1 Å². The molecule has 9 nitrogen and oxygen atoms in total. The molecule has 1 fully saturated rings. The number of rotatable bonds is 3. The first-order valence-electron chi connectivity index (χ1n) is 9.11. The highest BCUT2D eigenvalue weighted by molar-refractivity contribution is 5.82. The molecule has 0 bridgehead atoms. The van der Waals surface area contributed by atoms with Crippen LogP contribution in [0.25, 0.3) is 22.3 Å². The Morgan fingerprint density at radius 1 is 1.19 bits per heavy atom. The van der Waals surface area contributed by atoms with Crippen molar-refractivity contribution in [3.8, 4) is 0 Å². The average Bonchev–Trinajstić information content (AvgIpc) is 3.28. The van der Waals surface area contributed by atoms with Gasteiger partial charge in [0.2, 0.25) is 0 Å². The average molecular weight is 364 g/mol. The molecule has 0 aromatic carbocycles. The number of pyridine rings is 1. The molecule has 1 aliphatic rings. The number of nitrogens with one attached hydrogen (secondary N) is 1. The fourth-order valence-corrected chi connectivity index (χ4v) is 3.98. The minimum absolute atomic E-state index is 0.00102. The molecule has 0 aliphatic carbocycles. The summed E-state index contributed by atoms with van der Waals surface area (Å²) in [6, 6.07) is 3.80. The number of hydrogen-bond donors (Lipinski definition) is 1. The summed E-state index contributed by atoms with van der Waals surface area (Å²) in [4.78, 5) is 35.3. The number of imidazole rings is 2. The minimum atomic E-state index is 0.00102. The van der Waals surface area contributed by atoms with Crippen LogP contribution in [-0.2, 0) is 13.6 Å². The molecule has 4 aromatic rings. The highest BCUT2D eigenvalue weighted by Crippen LogP contribution is 2.26. The molecule has 27 heavy (non-hydrogen) atoms. The quantitative estimate of drug-likeness (QED) is 0.589. The van der Waals surface area contributed by atoms with Crippen molar-refractivity contribution < 1.29 is 0 Å². The van der Waals surface area contributed by atoms with Crippen molar-refractivity contribution in [1.29, 1.82) is 0 Å². The number of piperidine rings is 1. The third kappa shape index (κ3) is 2.57. The zero-order valence-electron chi connectivity index (χ0n) is 15.0. The SMILES string of the molecule is Cn1c(=O)n(CC2CCN(c3ncnc4nc[nH]c34)CC2)c2ncccc21. The molecular formula is C18H20N8O. The maximum absolute atomic E-state index is 12.6. The lowest BCUT2D eigenvalue weighted by molar-refractivity contribution is 0.354. The lowest BCUT2D eigenvalue weighted by Crippen LogP contribution is -2.37. The zero-order chi connectivity index (χ0) is 18.4. The highest BCUT2D eigenvalue weighted by atomic mass is 16.1. The molecule has 0 atom stereocenters. The second kappa shape index (κ2) is 6.19. The summed E-state index contributed by atoms with van der Waals surface area (Å²) >= 11 is 0. The van der Waals surface area contributed by atoms with Crippen molar-refractivity contribution in [2.45, 2.75) is 19.4 Å². The number of anilines is 1. The monoisotopic (exact) mass is 364 g/mol. The Kier molecular flexibility index (Phi) is 3.66. The van der Waals surface area contributed by atoms with Crippen molar-refractivity contribution in [2.24, 2.45) is 13.0 Å². The lowest BCUT2D eigenvalue weighted by Gasteiger charge is -2.32. The first kappa shape index (κ1) is 16.0. The largest absolute Gasteiger partial charge is 0.355 e. The Bertz CT molecular complexity index is 1170. The summed E-state index contributed by atoms with van der Waals surface area (Å²) in [5.74, 6) is 1.34. The molecule has 138 valence electrons. The summed E-state index contributed by atoms with van der Waals surface area (Å²) in [5, 5.41) is 0. The van der Waals surface area contributed by atoms with Crippen LogP contribution in [0.15, 0.2) is 35.8 Å². The van der Waals surface area contributed by atoms with Gasteiger partial charge in [-0.25, -0.2) is 24.7 Å². The number of nitrogens with zero attached hydrogens (tertiary/aromatic N) is 7. The van der Waals surface area contributed by atoms with Crippen LogP contribution >= 0.6 is 0 Å². The van der Waals surface area contributed by atoms with E-state index in [9.17, 15) is 4.79 Å².